The van der Waals surface area contributed by atoms with E-state index in [-0.39, 0.29) is 5.41 Å². The molecule has 0 radical (unpaired) electrons. The molecule has 2 nitrogen and oxygen atoms in total. The summed E-state index contributed by atoms with van der Waals surface area (Å²) in [6.07, 6.45) is 0. The lowest BCUT2D eigenvalue weighted by Crippen LogP contribution is -2.12. The molecule has 0 unspecified atom stereocenters. The first kappa shape index (κ1) is 14.6. The van der Waals surface area contributed by atoms with Crippen LogP contribution in [0.4, 0.5) is 0 Å². The number of carbonyl (C=O) groups is 1. The summed E-state index contributed by atoms with van der Waals surface area (Å²) in [5, 5.41) is 0.392. The number of benzene rings is 2. The summed E-state index contributed by atoms with van der Waals surface area (Å²) in [5.41, 5.74) is 1.63. The lowest BCUT2D eigenvalue weighted by molar-refractivity contribution is 0.0735. The van der Waals surface area contributed by atoms with Crippen LogP contribution >= 0.6 is 11.6 Å². The number of rotatable bonds is 2. The summed E-state index contributed by atoms with van der Waals surface area (Å²) in [4.78, 5) is 12.0. The molecule has 0 atom stereocenters. The van der Waals surface area contributed by atoms with Crippen molar-refractivity contribution in [2.45, 2.75) is 26.2 Å². The van der Waals surface area contributed by atoms with Crippen molar-refractivity contribution in [1.82, 2.24) is 0 Å². The van der Waals surface area contributed by atoms with Gasteiger partial charge in [0.1, 0.15) is 5.75 Å². The van der Waals surface area contributed by atoms with E-state index < -0.39 is 5.97 Å². The Morgan fingerprint density at radius 1 is 1.00 bits per heavy atom. The van der Waals surface area contributed by atoms with Crippen LogP contribution in [0.25, 0.3) is 0 Å². The van der Waals surface area contributed by atoms with Gasteiger partial charge >= 0.3 is 5.97 Å². The minimum atomic E-state index is -0.445. The number of hydrogen-bond donors (Lipinski definition) is 0. The van der Waals surface area contributed by atoms with Crippen LogP contribution in [-0.4, -0.2) is 5.97 Å². The fourth-order valence-electron chi connectivity index (χ4n) is 1.81. The Hall–Kier alpha value is -1.80. The molecule has 0 aliphatic heterocycles. The van der Waals surface area contributed by atoms with Crippen molar-refractivity contribution in [3.63, 3.8) is 0 Å². The minimum absolute atomic E-state index is 0.0747. The van der Waals surface area contributed by atoms with Crippen molar-refractivity contribution in [3.8, 4) is 5.75 Å². The van der Waals surface area contributed by atoms with Crippen LogP contribution in [0, 0.1) is 0 Å². The summed E-state index contributed by atoms with van der Waals surface area (Å²) in [6.45, 7) is 6.41. The molecule has 0 saturated carbocycles. The number of hydrogen-bond acceptors (Lipinski definition) is 2. The Labute approximate surface area is 124 Å². The van der Waals surface area contributed by atoms with Gasteiger partial charge in [0.25, 0.3) is 0 Å². The molecule has 0 amide bonds. The first-order valence-electron chi connectivity index (χ1n) is 6.45. The van der Waals surface area contributed by atoms with Crippen molar-refractivity contribution < 1.29 is 9.53 Å². The summed E-state index contributed by atoms with van der Waals surface area (Å²) in [7, 11) is 0. The molecule has 0 bridgehead atoms. The van der Waals surface area contributed by atoms with E-state index in [9.17, 15) is 4.79 Å². The molecule has 3 heteroatoms. The summed E-state index contributed by atoms with van der Waals surface area (Å²) in [5.74, 6) is 0.0713. The molecule has 0 aromatic heterocycles. The highest BCUT2D eigenvalue weighted by Gasteiger charge is 2.15. The van der Waals surface area contributed by atoms with E-state index >= 15 is 0 Å². The number of halogens is 1. The summed E-state index contributed by atoms with van der Waals surface area (Å²) in [6, 6.07) is 14.4. The van der Waals surface area contributed by atoms with E-state index in [0.29, 0.717) is 16.3 Å². The standard InChI is InChI=1S/C17H17ClO2/c1-17(2,3)12-8-10-13(11-9-12)20-16(19)14-6-4-5-7-15(14)18/h4-11H,1-3H3. The van der Waals surface area contributed by atoms with Gasteiger partial charge in [-0.05, 0) is 35.2 Å². The fourth-order valence-corrected chi connectivity index (χ4v) is 2.02. The van der Waals surface area contributed by atoms with Crippen molar-refractivity contribution in [3.05, 3.63) is 64.7 Å². The second kappa shape index (κ2) is 5.68. The lowest BCUT2D eigenvalue weighted by atomic mass is 9.87. The minimum Gasteiger partial charge on any atom is -0.423 e. The largest absolute Gasteiger partial charge is 0.423 e. The predicted molar refractivity (Wildman–Crippen MR) is 81.6 cm³/mol. The second-order valence-electron chi connectivity index (χ2n) is 5.64. The Kier molecular flexibility index (Phi) is 4.15. The van der Waals surface area contributed by atoms with E-state index in [1.54, 1.807) is 36.4 Å². The van der Waals surface area contributed by atoms with Crippen molar-refractivity contribution in [1.29, 1.82) is 0 Å². The quantitative estimate of drug-likeness (QED) is 0.583. The average molecular weight is 289 g/mol. The maximum absolute atomic E-state index is 12.0. The highest BCUT2D eigenvalue weighted by Crippen LogP contribution is 2.25. The van der Waals surface area contributed by atoms with Crippen molar-refractivity contribution >= 4 is 17.6 Å². The summed E-state index contributed by atoms with van der Waals surface area (Å²) >= 11 is 5.97. The Balaban J connectivity index is 2.15. The third-order valence-electron chi connectivity index (χ3n) is 3.02. The molecular weight excluding hydrogens is 272 g/mol. The molecule has 2 aromatic carbocycles. The van der Waals surface area contributed by atoms with Crippen LogP contribution < -0.4 is 4.74 Å². The SMILES string of the molecule is CC(C)(C)c1ccc(OC(=O)c2ccccc2Cl)cc1. The van der Waals surface area contributed by atoms with E-state index in [4.69, 9.17) is 16.3 Å². The molecule has 0 heterocycles. The Morgan fingerprint density at radius 2 is 1.60 bits per heavy atom. The molecule has 0 fully saturated rings. The van der Waals surface area contributed by atoms with Gasteiger partial charge in [0.05, 0.1) is 10.6 Å². The third-order valence-corrected chi connectivity index (χ3v) is 3.35. The van der Waals surface area contributed by atoms with E-state index in [1.807, 2.05) is 12.1 Å². The molecule has 104 valence electrons. The summed E-state index contributed by atoms with van der Waals surface area (Å²) < 4.78 is 5.33. The molecule has 2 aromatic rings. The first-order chi connectivity index (χ1) is 9.38. The molecule has 0 N–H and O–H groups in total. The molecule has 0 aliphatic rings. The van der Waals surface area contributed by atoms with Gasteiger partial charge in [-0.2, -0.15) is 0 Å². The molecule has 0 saturated heterocycles. The van der Waals surface area contributed by atoms with Crippen LogP contribution in [0.15, 0.2) is 48.5 Å². The van der Waals surface area contributed by atoms with Gasteiger partial charge < -0.3 is 4.74 Å². The highest BCUT2D eigenvalue weighted by molar-refractivity contribution is 6.33. The lowest BCUT2D eigenvalue weighted by Gasteiger charge is -2.19. The van der Waals surface area contributed by atoms with Gasteiger partial charge in [0, 0.05) is 0 Å². The van der Waals surface area contributed by atoms with Crippen LogP contribution in [0.3, 0.4) is 0 Å². The van der Waals surface area contributed by atoms with Crippen molar-refractivity contribution in [2.24, 2.45) is 0 Å². The topological polar surface area (TPSA) is 26.3 Å². The highest BCUT2D eigenvalue weighted by atomic mass is 35.5. The van der Waals surface area contributed by atoms with Gasteiger partial charge in [-0.25, -0.2) is 4.79 Å². The van der Waals surface area contributed by atoms with E-state index in [0.717, 1.165) is 0 Å². The van der Waals surface area contributed by atoms with Crippen molar-refractivity contribution in [2.75, 3.05) is 0 Å². The molecule has 0 spiro atoms. The van der Waals surface area contributed by atoms with Gasteiger partial charge in [0.2, 0.25) is 0 Å². The Morgan fingerprint density at radius 3 is 2.15 bits per heavy atom. The zero-order chi connectivity index (χ0) is 14.8. The van der Waals surface area contributed by atoms with E-state index in [1.165, 1.54) is 5.56 Å². The Bertz CT molecular complexity index is 610. The maximum Gasteiger partial charge on any atom is 0.345 e. The molecular formula is C17H17ClO2. The normalized spacial score (nSPS) is 11.2. The zero-order valence-corrected chi connectivity index (χ0v) is 12.6. The van der Waals surface area contributed by atoms with E-state index in [2.05, 4.69) is 20.8 Å². The van der Waals surface area contributed by atoms with Crippen LogP contribution in [0.5, 0.6) is 5.75 Å². The molecule has 0 aliphatic carbocycles. The van der Waals surface area contributed by atoms with Gasteiger partial charge in [-0.15, -0.1) is 0 Å². The molecule has 20 heavy (non-hydrogen) atoms. The maximum atomic E-state index is 12.0. The number of ether oxygens (including phenoxy) is 1. The molecule has 2 rings (SSSR count). The second-order valence-corrected chi connectivity index (χ2v) is 6.05. The van der Waals surface area contributed by atoms with Crippen LogP contribution in [0.2, 0.25) is 5.02 Å². The third kappa shape index (κ3) is 3.40. The van der Waals surface area contributed by atoms with Gasteiger partial charge in [-0.3, -0.25) is 0 Å². The van der Waals surface area contributed by atoms with Crippen LogP contribution in [-0.2, 0) is 5.41 Å². The first-order valence-corrected chi connectivity index (χ1v) is 6.83. The predicted octanol–water partition coefficient (Wildman–Crippen LogP) is 4.86. The fraction of sp³-hybridized carbons (Fsp3) is 0.235. The van der Waals surface area contributed by atoms with Crippen LogP contribution in [0.1, 0.15) is 36.7 Å². The number of carbonyl (C=O) groups excluding carboxylic acids is 1. The zero-order valence-electron chi connectivity index (χ0n) is 11.8. The monoisotopic (exact) mass is 288 g/mol. The van der Waals surface area contributed by atoms with Gasteiger partial charge in [-0.1, -0.05) is 56.6 Å². The smallest absolute Gasteiger partial charge is 0.345 e. The average Bonchev–Trinajstić information content (AvgIpc) is 2.38. The number of esters is 1. The van der Waals surface area contributed by atoms with Gasteiger partial charge in [0.15, 0.2) is 0 Å².